The summed E-state index contributed by atoms with van der Waals surface area (Å²) in [6, 6.07) is 4.26. The Kier molecular flexibility index (Phi) is 3.69. The number of aliphatic hydroxyl groups excluding tert-OH is 2. The van der Waals surface area contributed by atoms with Crippen LogP contribution in [0.3, 0.4) is 0 Å². The molecule has 0 amide bonds. The maximum absolute atomic E-state index is 13.1. The molecular formula is C20H16O7. The highest BCUT2D eigenvalue weighted by Crippen LogP contribution is 2.48. The molecule has 2 aliphatic carbocycles. The molecule has 27 heavy (non-hydrogen) atoms. The number of carbonyl (C=O) groups is 3. The van der Waals surface area contributed by atoms with E-state index in [-0.39, 0.29) is 46.2 Å². The molecule has 0 fully saturated rings. The van der Waals surface area contributed by atoms with Crippen LogP contribution in [0.25, 0.3) is 0 Å². The van der Waals surface area contributed by atoms with E-state index in [9.17, 15) is 34.8 Å². The van der Waals surface area contributed by atoms with Crippen LogP contribution in [-0.2, 0) is 6.42 Å². The lowest BCUT2D eigenvalue weighted by atomic mass is 9.75. The molecule has 7 heteroatoms. The highest BCUT2D eigenvalue weighted by Gasteiger charge is 2.41. The van der Waals surface area contributed by atoms with Crippen LogP contribution in [0, 0.1) is 0 Å². The van der Waals surface area contributed by atoms with E-state index in [2.05, 4.69) is 0 Å². The fraction of sp³-hybridized carbons (Fsp3) is 0.250. The largest absolute Gasteiger partial charge is 0.507 e. The number of aromatic hydroxyl groups is 2. The predicted octanol–water partition coefficient (Wildman–Crippen LogP) is 1.42. The maximum atomic E-state index is 13.1. The number of hydrogen-bond donors (Lipinski definition) is 4. The molecular weight excluding hydrogens is 352 g/mol. The molecule has 138 valence electrons. The van der Waals surface area contributed by atoms with Gasteiger partial charge in [0.15, 0.2) is 17.3 Å². The summed E-state index contributed by atoms with van der Waals surface area (Å²) in [6.07, 6.45) is -2.40. The summed E-state index contributed by atoms with van der Waals surface area (Å²) in [4.78, 5) is 38.0. The number of phenolic OH excluding ortho intramolecular Hbond substituents is 2. The third-order valence-corrected chi connectivity index (χ3v) is 5.23. The lowest BCUT2D eigenvalue weighted by Crippen LogP contribution is -2.28. The Bertz CT molecular complexity index is 1050. The van der Waals surface area contributed by atoms with Crippen molar-refractivity contribution in [2.45, 2.75) is 32.0 Å². The first kappa shape index (κ1) is 17.4. The molecule has 0 spiro atoms. The predicted molar refractivity (Wildman–Crippen MR) is 92.4 cm³/mol. The number of benzene rings is 2. The number of rotatable bonds is 1. The van der Waals surface area contributed by atoms with Gasteiger partial charge in [0.05, 0.1) is 23.3 Å². The fourth-order valence-corrected chi connectivity index (χ4v) is 4.03. The number of aliphatic hydroxyl groups is 2. The van der Waals surface area contributed by atoms with Gasteiger partial charge in [-0.05, 0) is 6.92 Å². The lowest BCUT2D eigenvalue weighted by Gasteiger charge is -2.30. The zero-order valence-corrected chi connectivity index (χ0v) is 14.3. The Labute approximate surface area is 153 Å². The Hall–Kier alpha value is -3.03. The van der Waals surface area contributed by atoms with Gasteiger partial charge in [-0.15, -0.1) is 0 Å². The van der Waals surface area contributed by atoms with Crippen LogP contribution in [0.15, 0.2) is 18.2 Å². The van der Waals surface area contributed by atoms with Crippen molar-refractivity contribution in [3.8, 4) is 11.5 Å². The van der Waals surface area contributed by atoms with Crippen LogP contribution in [0.1, 0.15) is 72.8 Å². The Morgan fingerprint density at radius 1 is 1.00 bits per heavy atom. The van der Waals surface area contributed by atoms with E-state index in [1.54, 1.807) is 0 Å². The SMILES string of the molecule is CC(=O)c1cccc2c1C(=O)c1c(O)c3c(c(O)c1C2=O)C[C@H](O)C[C@@H]3O. The number of Topliss-reactive ketones (excluding diaryl/α,β-unsaturated/α-hetero) is 1. The second-order valence-electron chi connectivity index (χ2n) is 6.89. The Morgan fingerprint density at radius 3 is 2.33 bits per heavy atom. The van der Waals surface area contributed by atoms with Gasteiger partial charge in [-0.25, -0.2) is 0 Å². The van der Waals surface area contributed by atoms with Crippen LogP contribution in [0.2, 0.25) is 0 Å². The molecule has 2 aromatic carbocycles. The van der Waals surface area contributed by atoms with Gasteiger partial charge in [0.1, 0.15) is 11.5 Å². The van der Waals surface area contributed by atoms with Crippen LogP contribution >= 0.6 is 0 Å². The van der Waals surface area contributed by atoms with E-state index in [0.29, 0.717) is 0 Å². The van der Waals surface area contributed by atoms with Crippen molar-refractivity contribution in [1.82, 2.24) is 0 Å². The summed E-state index contributed by atoms with van der Waals surface area (Å²) in [7, 11) is 0. The minimum atomic E-state index is -1.30. The Balaban J connectivity index is 2.08. The smallest absolute Gasteiger partial charge is 0.199 e. The van der Waals surface area contributed by atoms with Crippen molar-refractivity contribution in [2.75, 3.05) is 0 Å². The van der Waals surface area contributed by atoms with Gasteiger partial charge < -0.3 is 20.4 Å². The number of ketones is 3. The van der Waals surface area contributed by atoms with Gasteiger partial charge >= 0.3 is 0 Å². The first-order valence-corrected chi connectivity index (χ1v) is 8.44. The molecule has 0 unspecified atom stereocenters. The van der Waals surface area contributed by atoms with Gasteiger partial charge in [-0.2, -0.15) is 0 Å². The fourth-order valence-electron chi connectivity index (χ4n) is 4.03. The first-order valence-electron chi connectivity index (χ1n) is 8.44. The average Bonchev–Trinajstić information content (AvgIpc) is 2.61. The number of carbonyl (C=O) groups excluding carboxylic acids is 3. The monoisotopic (exact) mass is 368 g/mol. The zero-order chi connectivity index (χ0) is 19.6. The standard InChI is InChI=1S/C20H16O7/c1-7(21)9-3-2-4-10-13(9)19(26)16-15(17(10)24)18(25)11-5-8(22)6-12(23)14(11)20(16)27/h2-4,8,12,22-23,25,27H,5-6H2,1H3/t8-,12-/m0/s1. The van der Waals surface area contributed by atoms with Crippen molar-refractivity contribution >= 4 is 17.3 Å². The van der Waals surface area contributed by atoms with Crippen molar-refractivity contribution in [2.24, 2.45) is 0 Å². The van der Waals surface area contributed by atoms with Gasteiger partial charge in [0, 0.05) is 40.7 Å². The minimum Gasteiger partial charge on any atom is -0.507 e. The lowest BCUT2D eigenvalue weighted by molar-refractivity contribution is 0.0652. The van der Waals surface area contributed by atoms with Crippen molar-refractivity contribution in [3.05, 3.63) is 57.1 Å². The quantitative estimate of drug-likeness (QED) is 0.377. The highest BCUT2D eigenvalue weighted by atomic mass is 16.3. The van der Waals surface area contributed by atoms with Gasteiger partial charge in [0.2, 0.25) is 0 Å². The second kappa shape index (κ2) is 5.73. The molecule has 0 aromatic heterocycles. The summed E-state index contributed by atoms with van der Waals surface area (Å²) in [6.45, 7) is 1.26. The van der Waals surface area contributed by atoms with E-state index in [0.717, 1.165) is 0 Å². The maximum Gasteiger partial charge on any atom is 0.199 e. The van der Waals surface area contributed by atoms with Crippen LogP contribution in [0.4, 0.5) is 0 Å². The molecule has 0 bridgehead atoms. The molecule has 2 atom stereocenters. The van der Waals surface area contributed by atoms with E-state index < -0.39 is 46.6 Å². The molecule has 0 heterocycles. The molecule has 0 saturated carbocycles. The molecule has 0 saturated heterocycles. The molecule has 2 aromatic rings. The second-order valence-corrected chi connectivity index (χ2v) is 6.89. The first-order chi connectivity index (χ1) is 12.7. The molecule has 4 rings (SSSR count). The summed E-state index contributed by atoms with van der Waals surface area (Å²) in [5, 5.41) is 41.5. The molecule has 7 nitrogen and oxygen atoms in total. The van der Waals surface area contributed by atoms with Gasteiger partial charge in [-0.1, -0.05) is 18.2 Å². The van der Waals surface area contributed by atoms with Gasteiger partial charge in [0.25, 0.3) is 0 Å². The van der Waals surface area contributed by atoms with Crippen LogP contribution < -0.4 is 0 Å². The minimum absolute atomic E-state index is 0.0354. The summed E-state index contributed by atoms with van der Waals surface area (Å²) in [5.41, 5.74) is -0.928. The summed E-state index contributed by atoms with van der Waals surface area (Å²) < 4.78 is 0. The molecule has 0 aliphatic heterocycles. The Morgan fingerprint density at radius 2 is 1.67 bits per heavy atom. The number of fused-ring (bicyclic) bond motifs is 3. The number of hydrogen-bond acceptors (Lipinski definition) is 7. The van der Waals surface area contributed by atoms with Crippen LogP contribution in [-0.4, -0.2) is 43.9 Å². The molecule has 0 radical (unpaired) electrons. The summed E-state index contributed by atoms with van der Waals surface area (Å²) in [5.74, 6) is -3.01. The third kappa shape index (κ3) is 2.25. The average molecular weight is 368 g/mol. The van der Waals surface area contributed by atoms with E-state index in [4.69, 9.17) is 0 Å². The highest BCUT2D eigenvalue weighted by molar-refractivity contribution is 6.32. The van der Waals surface area contributed by atoms with Gasteiger partial charge in [-0.3, -0.25) is 14.4 Å². The molecule has 2 aliphatic rings. The van der Waals surface area contributed by atoms with Crippen molar-refractivity contribution < 1.29 is 34.8 Å². The normalized spacial score (nSPS) is 20.7. The topological polar surface area (TPSA) is 132 Å². The molecule has 4 N–H and O–H groups in total. The van der Waals surface area contributed by atoms with E-state index in [1.807, 2.05) is 0 Å². The third-order valence-electron chi connectivity index (χ3n) is 5.23. The van der Waals surface area contributed by atoms with E-state index in [1.165, 1.54) is 25.1 Å². The van der Waals surface area contributed by atoms with Crippen molar-refractivity contribution in [1.29, 1.82) is 0 Å². The van der Waals surface area contributed by atoms with Crippen molar-refractivity contribution in [3.63, 3.8) is 0 Å². The van der Waals surface area contributed by atoms with E-state index >= 15 is 0 Å². The zero-order valence-electron chi connectivity index (χ0n) is 14.3. The summed E-state index contributed by atoms with van der Waals surface area (Å²) >= 11 is 0. The number of phenols is 2. The van der Waals surface area contributed by atoms with Crippen LogP contribution in [0.5, 0.6) is 11.5 Å².